The zero-order chi connectivity index (χ0) is 14.8. The molecule has 114 valence electrons. The molecule has 1 heteroatoms. The van der Waals surface area contributed by atoms with Gasteiger partial charge in [-0.15, -0.1) is 0 Å². The lowest BCUT2D eigenvalue weighted by atomic mass is 9.96. The fourth-order valence-corrected chi connectivity index (χ4v) is 2.62. The van der Waals surface area contributed by atoms with E-state index in [1.807, 2.05) is 0 Å². The Balaban J connectivity index is 2.20. The minimum atomic E-state index is 0.215. The summed E-state index contributed by atoms with van der Waals surface area (Å²) in [6.07, 6.45) is 10.6. The van der Waals surface area contributed by atoms with Crippen LogP contribution in [0.2, 0.25) is 0 Å². The third-order valence-electron chi connectivity index (χ3n) is 4.15. The van der Waals surface area contributed by atoms with Gasteiger partial charge in [0.1, 0.15) is 0 Å². The first-order chi connectivity index (χ1) is 9.65. The van der Waals surface area contributed by atoms with Gasteiger partial charge in [0.15, 0.2) is 0 Å². The molecule has 0 saturated heterocycles. The van der Waals surface area contributed by atoms with Crippen LogP contribution in [0.25, 0.3) is 0 Å². The molecule has 0 radical (unpaired) electrons. The first-order valence-electron chi connectivity index (χ1n) is 8.50. The van der Waals surface area contributed by atoms with Gasteiger partial charge >= 0.3 is 0 Å². The summed E-state index contributed by atoms with van der Waals surface area (Å²) in [5.74, 6) is 0.600. The second kappa shape index (κ2) is 9.99. The number of benzene rings is 1. The highest BCUT2D eigenvalue weighted by molar-refractivity contribution is 5.26. The Bertz CT molecular complexity index is 339. The van der Waals surface area contributed by atoms with E-state index in [1.54, 1.807) is 0 Å². The summed E-state index contributed by atoms with van der Waals surface area (Å²) in [6.45, 7) is 6.73. The fraction of sp³-hybridized carbons (Fsp3) is 0.684. The Morgan fingerprint density at radius 2 is 1.30 bits per heavy atom. The summed E-state index contributed by atoms with van der Waals surface area (Å²) in [5.41, 5.74) is 8.98. The zero-order valence-corrected chi connectivity index (χ0v) is 13.7. The third kappa shape index (κ3) is 6.56. The molecule has 1 nitrogen and oxygen atoms in total. The minimum Gasteiger partial charge on any atom is -0.324 e. The van der Waals surface area contributed by atoms with E-state index >= 15 is 0 Å². The van der Waals surface area contributed by atoms with Gasteiger partial charge in [-0.3, -0.25) is 0 Å². The molecular formula is C19H33N. The minimum absolute atomic E-state index is 0.215. The Morgan fingerprint density at radius 3 is 1.85 bits per heavy atom. The SMILES string of the molecule is CCCCCCCCCC(N)c1ccc(C(C)C)cc1. The van der Waals surface area contributed by atoms with Gasteiger partial charge in [-0.2, -0.15) is 0 Å². The summed E-state index contributed by atoms with van der Waals surface area (Å²) < 4.78 is 0. The van der Waals surface area contributed by atoms with Crippen LogP contribution in [0.15, 0.2) is 24.3 Å². The maximum Gasteiger partial charge on any atom is 0.0294 e. The van der Waals surface area contributed by atoms with Gasteiger partial charge < -0.3 is 5.73 Å². The van der Waals surface area contributed by atoms with Crippen molar-refractivity contribution in [3.63, 3.8) is 0 Å². The van der Waals surface area contributed by atoms with Gasteiger partial charge in [-0.1, -0.05) is 90.0 Å². The van der Waals surface area contributed by atoms with Crippen LogP contribution in [-0.4, -0.2) is 0 Å². The van der Waals surface area contributed by atoms with E-state index in [1.165, 1.54) is 56.1 Å². The van der Waals surface area contributed by atoms with Gasteiger partial charge in [0, 0.05) is 6.04 Å². The number of hydrogen-bond acceptors (Lipinski definition) is 1. The van der Waals surface area contributed by atoms with E-state index in [2.05, 4.69) is 45.0 Å². The van der Waals surface area contributed by atoms with Crippen LogP contribution < -0.4 is 5.73 Å². The number of hydrogen-bond donors (Lipinski definition) is 1. The van der Waals surface area contributed by atoms with E-state index in [0.717, 1.165) is 6.42 Å². The molecule has 0 aromatic heterocycles. The third-order valence-corrected chi connectivity index (χ3v) is 4.15. The smallest absolute Gasteiger partial charge is 0.0294 e. The van der Waals surface area contributed by atoms with Crippen molar-refractivity contribution in [3.8, 4) is 0 Å². The molecule has 0 aliphatic rings. The lowest BCUT2D eigenvalue weighted by Gasteiger charge is -2.13. The average Bonchev–Trinajstić information content (AvgIpc) is 2.46. The van der Waals surface area contributed by atoms with E-state index in [-0.39, 0.29) is 6.04 Å². The van der Waals surface area contributed by atoms with Gasteiger partial charge in [0.05, 0.1) is 0 Å². The number of unbranched alkanes of at least 4 members (excludes halogenated alkanes) is 6. The monoisotopic (exact) mass is 275 g/mol. The molecule has 1 unspecified atom stereocenters. The molecule has 0 bridgehead atoms. The first-order valence-corrected chi connectivity index (χ1v) is 8.50. The van der Waals surface area contributed by atoms with E-state index < -0.39 is 0 Å². The summed E-state index contributed by atoms with van der Waals surface area (Å²) in [5, 5.41) is 0. The maximum absolute atomic E-state index is 6.28. The molecule has 0 fully saturated rings. The fourth-order valence-electron chi connectivity index (χ4n) is 2.62. The molecule has 0 aliphatic carbocycles. The zero-order valence-electron chi connectivity index (χ0n) is 13.7. The normalized spacial score (nSPS) is 12.8. The molecule has 0 heterocycles. The summed E-state index contributed by atoms with van der Waals surface area (Å²) in [6, 6.07) is 9.09. The molecule has 0 aliphatic heterocycles. The standard InChI is InChI=1S/C19H33N/c1-4-5-6-7-8-9-10-11-19(20)18-14-12-17(13-15-18)16(2)3/h12-16,19H,4-11,20H2,1-3H3. The Morgan fingerprint density at radius 1 is 0.800 bits per heavy atom. The first kappa shape index (κ1) is 17.2. The molecule has 2 N–H and O–H groups in total. The Labute approximate surface area is 126 Å². The molecule has 0 amide bonds. The summed E-state index contributed by atoms with van der Waals surface area (Å²) >= 11 is 0. The van der Waals surface area contributed by atoms with Crippen molar-refractivity contribution < 1.29 is 0 Å². The lowest BCUT2D eigenvalue weighted by molar-refractivity contribution is 0.541. The summed E-state index contributed by atoms with van der Waals surface area (Å²) in [4.78, 5) is 0. The maximum atomic E-state index is 6.28. The number of rotatable bonds is 10. The van der Waals surface area contributed by atoms with Crippen LogP contribution in [0.5, 0.6) is 0 Å². The van der Waals surface area contributed by atoms with E-state index in [0.29, 0.717) is 5.92 Å². The summed E-state index contributed by atoms with van der Waals surface area (Å²) in [7, 11) is 0. The quantitative estimate of drug-likeness (QED) is 0.524. The molecule has 1 aromatic carbocycles. The van der Waals surface area contributed by atoms with Crippen molar-refractivity contribution >= 4 is 0 Å². The van der Waals surface area contributed by atoms with Crippen molar-refractivity contribution in [2.75, 3.05) is 0 Å². The molecule has 0 saturated carbocycles. The number of nitrogens with two attached hydrogens (primary N) is 1. The van der Waals surface area contributed by atoms with E-state index in [4.69, 9.17) is 5.73 Å². The van der Waals surface area contributed by atoms with Crippen molar-refractivity contribution in [2.45, 2.75) is 84.1 Å². The van der Waals surface area contributed by atoms with Crippen LogP contribution in [0.3, 0.4) is 0 Å². The van der Waals surface area contributed by atoms with Crippen LogP contribution in [0.4, 0.5) is 0 Å². The molecule has 1 rings (SSSR count). The predicted octanol–water partition coefficient (Wildman–Crippen LogP) is 5.95. The van der Waals surface area contributed by atoms with Crippen LogP contribution in [0.1, 0.15) is 95.2 Å². The highest BCUT2D eigenvalue weighted by atomic mass is 14.6. The van der Waals surface area contributed by atoms with Crippen LogP contribution in [0, 0.1) is 0 Å². The van der Waals surface area contributed by atoms with Gasteiger partial charge in [-0.25, -0.2) is 0 Å². The lowest BCUT2D eigenvalue weighted by Crippen LogP contribution is -2.10. The second-order valence-corrected chi connectivity index (χ2v) is 6.34. The van der Waals surface area contributed by atoms with Gasteiger partial charge in [0.2, 0.25) is 0 Å². The van der Waals surface area contributed by atoms with Crippen molar-refractivity contribution in [1.29, 1.82) is 0 Å². The molecule has 20 heavy (non-hydrogen) atoms. The Hall–Kier alpha value is -0.820. The van der Waals surface area contributed by atoms with Crippen molar-refractivity contribution in [2.24, 2.45) is 5.73 Å². The largest absolute Gasteiger partial charge is 0.324 e. The topological polar surface area (TPSA) is 26.0 Å². The van der Waals surface area contributed by atoms with Gasteiger partial charge in [-0.05, 0) is 23.5 Å². The van der Waals surface area contributed by atoms with Crippen LogP contribution >= 0.6 is 0 Å². The second-order valence-electron chi connectivity index (χ2n) is 6.34. The van der Waals surface area contributed by atoms with Crippen LogP contribution in [-0.2, 0) is 0 Å². The molecule has 1 aromatic rings. The predicted molar refractivity (Wildman–Crippen MR) is 90.1 cm³/mol. The highest BCUT2D eigenvalue weighted by Gasteiger charge is 2.06. The average molecular weight is 275 g/mol. The van der Waals surface area contributed by atoms with E-state index in [9.17, 15) is 0 Å². The molecular weight excluding hydrogens is 242 g/mol. The Kier molecular flexibility index (Phi) is 8.60. The van der Waals surface area contributed by atoms with Crippen molar-refractivity contribution in [3.05, 3.63) is 35.4 Å². The highest BCUT2D eigenvalue weighted by Crippen LogP contribution is 2.21. The van der Waals surface area contributed by atoms with Gasteiger partial charge in [0.25, 0.3) is 0 Å². The molecule has 1 atom stereocenters. The molecule has 0 spiro atoms. The van der Waals surface area contributed by atoms with Crippen molar-refractivity contribution in [1.82, 2.24) is 0 Å².